The predicted octanol–water partition coefficient (Wildman–Crippen LogP) is 0.114. The van der Waals surface area contributed by atoms with Crippen LogP contribution in [0.3, 0.4) is 0 Å². The molecular weight excluding hydrogens is 316 g/mol. The van der Waals surface area contributed by atoms with Crippen molar-refractivity contribution in [2.45, 2.75) is 12.8 Å². The van der Waals surface area contributed by atoms with Gasteiger partial charge >= 0.3 is 0 Å². The van der Waals surface area contributed by atoms with E-state index in [-0.39, 0.29) is 0 Å². The van der Waals surface area contributed by atoms with Gasteiger partial charge in [0.05, 0.1) is 46.2 Å². The molecular formula is C15H32N4O3S. The Balaban J connectivity index is 1.96. The molecule has 1 saturated heterocycles. The van der Waals surface area contributed by atoms with Gasteiger partial charge in [-0.2, -0.15) is 11.8 Å². The first-order chi connectivity index (χ1) is 11.2. The van der Waals surface area contributed by atoms with Crippen LogP contribution in [0.25, 0.3) is 0 Å². The molecule has 0 saturated carbocycles. The van der Waals surface area contributed by atoms with E-state index in [2.05, 4.69) is 0 Å². The van der Waals surface area contributed by atoms with Crippen LogP contribution >= 0.6 is 11.8 Å². The van der Waals surface area contributed by atoms with Gasteiger partial charge in [-0.1, -0.05) is 0 Å². The van der Waals surface area contributed by atoms with E-state index >= 15 is 0 Å². The Bertz CT molecular complexity index is 315. The van der Waals surface area contributed by atoms with Gasteiger partial charge < -0.3 is 30.7 Å². The summed E-state index contributed by atoms with van der Waals surface area (Å²) in [5.74, 6) is 8.76. The molecule has 1 rings (SSSR count). The average molecular weight is 349 g/mol. The summed E-state index contributed by atoms with van der Waals surface area (Å²) in [7, 11) is 0. The number of thioether (sulfide) groups is 1. The zero-order valence-electron chi connectivity index (χ0n) is 14.0. The lowest BCUT2D eigenvalue weighted by Crippen LogP contribution is -2.32. The molecule has 0 aliphatic carbocycles. The van der Waals surface area contributed by atoms with E-state index in [1.54, 1.807) is 5.01 Å². The van der Waals surface area contributed by atoms with Crippen LogP contribution in [0.1, 0.15) is 12.8 Å². The second-order valence-electron chi connectivity index (χ2n) is 5.38. The van der Waals surface area contributed by atoms with Crippen LogP contribution in [0.5, 0.6) is 0 Å². The molecule has 8 heteroatoms. The molecule has 7 nitrogen and oxygen atoms in total. The Hall–Kier alpha value is -0.510. The normalized spacial score (nSPS) is 16.7. The van der Waals surface area contributed by atoms with E-state index in [4.69, 9.17) is 31.5 Å². The lowest BCUT2D eigenvalue weighted by molar-refractivity contribution is 0.0135. The highest BCUT2D eigenvalue weighted by Gasteiger charge is 2.16. The smallest absolute Gasteiger partial charge is 0.0701 e. The molecule has 0 spiro atoms. The minimum absolute atomic E-state index is 0.470. The first-order valence-corrected chi connectivity index (χ1v) is 9.39. The number of hydrogen-bond acceptors (Lipinski definition) is 8. The van der Waals surface area contributed by atoms with Gasteiger partial charge in [0.15, 0.2) is 0 Å². The largest absolute Gasteiger partial charge is 0.401 e. The van der Waals surface area contributed by atoms with E-state index in [1.807, 2.05) is 18.0 Å². The van der Waals surface area contributed by atoms with Crippen molar-refractivity contribution in [1.29, 1.82) is 0 Å². The molecule has 1 fully saturated rings. The minimum atomic E-state index is 0.470. The standard InChI is InChI=1S/C15H32N4O3S/c16-3-5-20-7-9-22-10-8-21-6-4-19(18)13-15(17)14-1-11-23-12-2-14/h13-14H,1-12,16-18H2/b15-13-. The van der Waals surface area contributed by atoms with Crippen molar-refractivity contribution in [3.63, 3.8) is 0 Å². The Morgan fingerprint density at radius 1 is 1.00 bits per heavy atom. The number of allylic oxidation sites excluding steroid dienone is 1. The fraction of sp³-hybridized carbons (Fsp3) is 0.867. The first-order valence-electron chi connectivity index (χ1n) is 8.23. The van der Waals surface area contributed by atoms with Crippen LogP contribution < -0.4 is 17.3 Å². The average Bonchev–Trinajstić information content (AvgIpc) is 2.57. The predicted molar refractivity (Wildman–Crippen MR) is 94.7 cm³/mol. The fourth-order valence-corrected chi connectivity index (χ4v) is 3.29. The molecule has 0 atom stereocenters. The maximum absolute atomic E-state index is 6.12. The van der Waals surface area contributed by atoms with E-state index in [9.17, 15) is 0 Å². The second kappa shape index (κ2) is 13.9. The molecule has 1 heterocycles. The number of hydrazine groups is 1. The number of ether oxygens (including phenoxy) is 3. The third-order valence-electron chi connectivity index (χ3n) is 3.51. The first kappa shape index (κ1) is 20.5. The summed E-state index contributed by atoms with van der Waals surface area (Å²) >= 11 is 1.99. The molecule has 0 radical (unpaired) electrons. The Morgan fingerprint density at radius 2 is 1.57 bits per heavy atom. The van der Waals surface area contributed by atoms with Crippen molar-refractivity contribution in [1.82, 2.24) is 5.01 Å². The lowest BCUT2D eigenvalue weighted by atomic mass is 10.00. The Kier molecular flexibility index (Phi) is 12.4. The van der Waals surface area contributed by atoms with Crippen LogP contribution in [0, 0.1) is 5.92 Å². The molecule has 0 amide bonds. The maximum Gasteiger partial charge on any atom is 0.0701 e. The molecule has 136 valence electrons. The van der Waals surface area contributed by atoms with Crippen molar-refractivity contribution in [3.05, 3.63) is 11.9 Å². The zero-order chi connectivity index (χ0) is 16.8. The quantitative estimate of drug-likeness (QED) is 0.244. The van der Waals surface area contributed by atoms with Gasteiger partial charge in [0, 0.05) is 24.4 Å². The Labute approximate surface area is 143 Å². The summed E-state index contributed by atoms with van der Waals surface area (Å²) < 4.78 is 16.0. The van der Waals surface area contributed by atoms with Gasteiger partial charge in [0.2, 0.25) is 0 Å². The maximum atomic E-state index is 6.12. The van der Waals surface area contributed by atoms with Gasteiger partial charge in [-0.05, 0) is 24.3 Å². The van der Waals surface area contributed by atoms with Crippen molar-refractivity contribution in [2.24, 2.45) is 23.2 Å². The molecule has 0 aromatic carbocycles. The summed E-state index contributed by atoms with van der Waals surface area (Å²) in [5, 5.41) is 1.61. The summed E-state index contributed by atoms with van der Waals surface area (Å²) in [6.07, 6.45) is 4.13. The van der Waals surface area contributed by atoms with Crippen LogP contribution in [0.4, 0.5) is 0 Å². The van der Waals surface area contributed by atoms with Gasteiger partial charge in [-0.15, -0.1) is 0 Å². The SMILES string of the molecule is NCCOCCOCCOCCN(N)/C=C(\N)C1CCSCC1. The molecule has 0 aromatic rings. The van der Waals surface area contributed by atoms with Crippen LogP contribution in [-0.2, 0) is 14.2 Å². The number of nitrogens with two attached hydrogens (primary N) is 3. The second-order valence-corrected chi connectivity index (χ2v) is 6.60. The van der Waals surface area contributed by atoms with Crippen LogP contribution in [0.2, 0.25) is 0 Å². The van der Waals surface area contributed by atoms with E-state index in [0.717, 1.165) is 18.5 Å². The molecule has 1 aliphatic rings. The zero-order valence-corrected chi connectivity index (χ0v) is 14.8. The van der Waals surface area contributed by atoms with Gasteiger partial charge in [0.1, 0.15) is 0 Å². The molecule has 1 aliphatic heterocycles. The lowest BCUT2D eigenvalue weighted by Gasteiger charge is -2.23. The summed E-state index contributed by atoms with van der Waals surface area (Å²) in [6.45, 7) is 4.50. The van der Waals surface area contributed by atoms with Crippen molar-refractivity contribution in [2.75, 3.05) is 64.2 Å². The van der Waals surface area contributed by atoms with Crippen LogP contribution in [0.15, 0.2) is 11.9 Å². The fourth-order valence-electron chi connectivity index (χ4n) is 2.19. The molecule has 0 bridgehead atoms. The topological polar surface area (TPSA) is 109 Å². The van der Waals surface area contributed by atoms with Crippen molar-refractivity contribution < 1.29 is 14.2 Å². The van der Waals surface area contributed by atoms with Crippen LogP contribution in [-0.4, -0.2) is 69.2 Å². The third-order valence-corrected chi connectivity index (χ3v) is 4.56. The summed E-state index contributed by atoms with van der Waals surface area (Å²) in [5.41, 5.74) is 12.3. The van der Waals surface area contributed by atoms with Crippen molar-refractivity contribution in [3.8, 4) is 0 Å². The van der Waals surface area contributed by atoms with Crippen molar-refractivity contribution >= 4 is 11.8 Å². The summed E-state index contributed by atoms with van der Waals surface area (Å²) in [6, 6.07) is 0. The summed E-state index contributed by atoms with van der Waals surface area (Å²) in [4.78, 5) is 0. The third kappa shape index (κ3) is 10.8. The van der Waals surface area contributed by atoms with E-state index < -0.39 is 0 Å². The highest BCUT2D eigenvalue weighted by Crippen LogP contribution is 2.26. The number of rotatable bonds is 13. The van der Waals surface area contributed by atoms with E-state index in [1.165, 1.54) is 11.5 Å². The van der Waals surface area contributed by atoms with Gasteiger partial charge in [0.25, 0.3) is 0 Å². The molecule has 0 unspecified atom stereocenters. The molecule has 23 heavy (non-hydrogen) atoms. The van der Waals surface area contributed by atoms with Gasteiger partial charge in [-0.25, -0.2) is 5.84 Å². The molecule has 6 N–H and O–H groups in total. The van der Waals surface area contributed by atoms with Gasteiger partial charge in [-0.3, -0.25) is 0 Å². The van der Waals surface area contributed by atoms with E-state index in [0.29, 0.717) is 58.6 Å². The highest BCUT2D eigenvalue weighted by atomic mass is 32.2. The highest BCUT2D eigenvalue weighted by molar-refractivity contribution is 7.99. The molecule has 0 aromatic heterocycles. The monoisotopic (exact) mass is 348 g/mol. The Morgan fingerprint density at radius 3 is 2.17 bits per heavy atom. The number of nitrogens with zero attached hydrogens (tertiary/aromatic N) is 1. The minimum Gasteiger partial charge on any atom is -0.401 e. The number of hydrogen-bond donors (Lipinski definition) is 3.